The first-order chi connectivity index (χ1) is 15.0. The van der Waals surface area contributed by atoms with Gasteiger partial charge < -0.3 is 5.32 Å². The van der Waals surface area contributed by atoms with E-state index >= 15 is 0 Å². The van der Waals surface area contributed by atoms with E-state index in [0.717, 1.165) is 31.2 Å². The number of thiophene rings is 2. The van der Waals surface area contributed by atoms with Crippen molar-refractivity contribution in [3.63, 3.8) is 0 Å². The van der Waals surface area contributed by atoms with Crippen LogP contribution in [0.1, 0.15) is 42.2 Å². The lowest BCUT2D eigenvalue weighted by molar-refractivity contribution is -0.115. The third-order valence-electron chi connectivity index (χ3n) is 5.26. The van der Waals surface area contributed by atoms with Crippen LogP contribution in [0, 0.1) is 11.3 Å². The van der Waals surface area contributed by atoms with Crippen LogP contribution in [-0.2, 0) is 24.2 Å². The van der Waals surface area contributed by atoms with Crippen molar-refractivity contribution in [3.8, 4) is 6.07 Å². The average Bonchev–Trinajstić information content (AvgIpc) is 3.28. The zero-order valence-corrected chi connectivity index (χ0v) is 19.6. The Kier molecular flexibility index (Phi) is 6.60. The number of nitrogens with zero attached hydrogens (tertiary/aromatic N) is 3. The van der Waals surface area contributed by atoms with Gasteiger partial charge in [0.05, 0.1) is 16.3 Å². The first-order valence-electron chi connectivity index (χ1n) is 10.1. The summed E-state index contributed by atoms with van der Waals surface area (Å²) in [6.45, 7) is 5.84. The van der Waals surface area contributed by atoms with Crippen molar-refractivity contribution in [3.05, 3.63) is 50.5 Å². The molecule has 0 saturated carbocycles. The zero-order chi connectivity index (χ0) is 22.0. The minimum absolute atomic E-state index is 0.122. The van der Waals surface area contributed by atoms with Gasteiger partial charge in [-0.2, -0.15) is 5.26 Å². The molecule has 0 bridgehead atoms. The predicted molar refractivity (Wildman–Crippen MR) is 128 cm³/mol. The maximum atomic E-state index is 13.0. The molecule has 1 aliphatic rings. The van der Waals surface area contributed by atoms with Gasteiger partial charge in [-0.05, 0) is 49.6 Å². The van der Waals surface area contributed by atoms with Gasteiger partial charge in [0, 0.05) is 11.4 Å². The summed E-state index contributed by atoms with van der Waals surface area (Å²) >= 11 is 4.12. The molecule has 0 aromatic carbocycles. The first kappa shape index (κ1) is 21.8. The number of nitrogens with one attached hydrogen (secondary N) is 1. The molecule has 0 saturated heterocycles. The number of carbonyl (C=O) groups excluding carboxylic acids is 1. The summed E-state index contributed by atoms with van der Waals surface area (Å²) in [7, 11) is 0. The number of rotatable bonds is 6. The molecule has 3 aromatic heterocycles. The van der Waals surface area contributed by atoms with Gasteiger partial charge in [0.25, 0.3) is 5.56 Å². The van der Waals surface area contributed by atoms with Crippen molar-refractivity contribution < 1.29 is 4.79 Å². The number of carbonyl (C=O) groups is 1. The van der Waals surface area contributed by atoms with Gasteiger partial charge in [0.15, 0.2) is 5.16 Å². The van der Waals surface area contributed by atoms with Crippen molar-refractivity contribution in [1.29, 1.82) is 5.26 Å². The third-order valence-corrected chi connectivity index (χ3v) is 8.45. The minimum Gasteiger partial charge on any atom is -0.316 e. The minimum atomic E-state index is -0.493. The summed E-state index contributed by atoms with van der Waals surface area (Å²) in [5.74, 6) is -0.206. The van der Waals surface area contributed by atoms with Gasteiger partial charge in [-0.25, -0.2) is 4.98 Å². The number of thioether (sulfide) groups is 1. The molecule has 1 amide bonds. The van der Waals surface area contributed by atoms with Gasteiger partial charge in [0.1, 0.15) is 15.8 Å². The summed E-state index contributed by atoms with van der Waals surface area (Å²) in [5.41, 5.74) is 2.22. The molecule has 0 radical (unpaired) electrons. The maximum Gasteiger partial charge on any atom is 0.272 e. The standard InChI is InChI=1S/C22H22N4O2S3/c1-3-10-26-21(28)18-16(9-11-29-18)24-22(26)30-13(2)19(27)25-20-15(12-23)14-7-5-4-6-8-17(14)31-20/h3,9,11,13H,1,4-8,10H2,2H3,(H,25,27). The normalized spacial score (nSPS) is 14.5. The topological polar surface area (TPSA) is 87.8 Å². The van der Waals surface area contributed by atoms with E-state index in [1.54, 1.807) is 17.6 Å². The zero-order valence-electron chi connectivity index (χ0n) is 17.1. The summed E-state index contributed by atoms with van der Waals surface area (Å²) in [6.07, 6.45) is 6.89. The van der Waals surface area contributed by atoms with Crippen LogP contribution < -0.4 is 10.9 Å². The highest BCUT2D eigenvalue weighted by Crippen LogP contribution is 2.37. The number of aromatic nitrogens is 2. The number of amides is 1. The van der Waals surface area contributed by atoms with E-state index in [1.165, 1.54) is 45.7 Å². The summed E-state index contributed by atoms with van der Waals surface area (Å²) in [5, 5.41) is 15.1. The van der Waals surface area contributed by atoms with Crippen LogP contribution in [0.15, 0.2) is 34.1 Å². The Morgan fingerprint density at radius 3 is 3.03 bits per heavy atom. The van der Waals surface area contributed by atoms with Gasteiger partial charge in [0.2, 0.25) is 5.91 Å². The number of fused-ring (bicyclic) bond motifs is 2. The molecule has 9 heteroatoms. The molecule has 1 unspecified atom stereocenters. The van der Waals surface area contributed by atoms with Crippen LogP contribution in [0.3, 0.4) is 0 Å². The van der Waals surface area contributed by atoms with E-state index in [9.17, 15) is 14.9 Å². The van der Waals surface area contributed by atoms with Crippen molar-refractivity contribution in [2.45, 2.75) is 56.0 Å². The van der Waals surface area contributed by atoms with Gasteiger partial charge >= 0.3 is 0 Å². The van der Waals surface area contributed by atoms with Crippen LogP contribution in [0.25, 0.3) is 10.2 Å². The Balaban J connectivity index is 1.58. The van der Waals surface area contributed by atoms with E-state index in [-0.39, 0.29) is 11.5 Å². The Hall–Kier alpha value is -2.41. The Morgan fingerprint density at radius 1 is 1.45 bits per heavy atom. The predicted octanol–water partition coefficient (Wildman–Crippen LogP) is 4.97. The van der Waals surface area contributed by atoms with Crippen LogP contribution in [0.2, 0.25) is 0 Å². The molecule has 0 fully saturated rings. The first-order valence-corrected chi connectivity index (χ1v) is 12.7. The number of anilines is 1. The fraction of sp³-hybridized carbons (Fsp3) is 0.364. The molecule has 1 atom stereocenters. The molecule has 1 aliphatic carbocycles. The number of nitriles is 1. The van der Waals surface area contributed by atoms with E-state index in [0.29, 0.717) is 32.5 Å². The SMILES string of the molecule is C=CCn1c(SC(C)C(=O)Nc2sc3c(c2C#N)CCCCC3)nc2ccsc2c1=O. The Morgan fingerprint density at radius 2 is 2.26 bits per heavy atom. The highest BCUT2D eigenvalue weighted by Gasteiger charge is 2.24. The van der Waals surface area contributed by atoms with E-state index in [1.807, 2.05) is 11.4 Å². The van der Waals surface area contributed by atoms with Gasteiger partial charge in [-0.15, -0.1) is 29.3 Å². The molecular formula is C22H22N4O2S3. The Labute approximate surface area is 192 Å². The molecule has 3 aromatic rings. The third kappa shape index (κ3) is 4.33. The van der Waals surface area contributed by atoms with Gasteiger partial charge in [-0.1, -0.05) is 24.3 Å². The van der Waals surface area contributed by atoms with Crippen molar-refractivity contribution in [1.82, 2.24) is 9.55 Å². The fourth-order valence-electron chi connectivity index (χ4n) is 3.68. The Bertz CT molecular complexity index is 1250. The van der Waals surface area contributed by atoms with E-state index in [2.05, 4.69) is 22.9 Å². The van der Waals surface area contributed by atoms with Crippen molar-refractivity contribution in [2.24, 2.45) is 0 Å². The van der Waals surface area contributed by atoms with Crippen LogP contribution >= 0.6 is 34.4 Å². The fourth-order valence-corrected chi connectivity index (χ4v) is 6.62. The molecule has 4 rings (SSSR count). The average molecular weight is 471 g/mol. The van der Waals surface area contributed by atoms with Crippen molar-refractivity contribution >= 4 is 55.6 Å². The van der Waals surface area contributed by atoms with E-state index in [4.69, 9.17) is 0 Å². The van der Waals surface area contributed by atoms with Crippen LogP contribution in [0.4, 0.5) is 5.00 Å². The summed E-state index contributed by atoms with van der Waals surface area (Å²) in [6, 6.07) is 4.11. The second-order valence-electron chi connectivity index (χ2n) is 7.36. The quantitative estimate of drug-likeness (QED) is 0.238. The van der Waals surface area contributed by atoms with Crippen LogP contribution in [-0.4, -0.2) is 20.7 Å². The highest BCUT2D eigenvalue weighted by atomic mass is 32.2. The van der Waals surface area contributed by atoms with Crippen molar-refractivity contribution in [2.75, 3.05) is 5.32 Å². The summed E-state index contributed by atoms with van der Waals surface area (Å²) in [4.78, 5) is 31.6. The van der Waals surface area contributed by atoms with Crippen LogP contribution in [0.5, 0.6) is 0 Å². The number of allylic oxidation sites excluding steroid dienone is 1. The molecular weight excluding hydrogens is 448 g/mol. The number of hydrogen-bond donors (Lipinski definition) is 1. The number of hydrogen-bond acceptors (Lipinski definition) is 7. The molecule has 31 heavy (non-hydrogen) atoms. The largest absolute Gasteiger partial charge is 0.316 e. The molecule has 0 aliphatic heterocycles. The molecule has 1 N–H and O–H groups in total. The lowest BCUT2D eigenvalue weighted by Gasteiger charge is -2.14. The highest BCUT2D eigenvalue weighted by molar-refractivity contribution is 8.00. The second-order valence-corrected chi connectivity index (χ2v) is 10.7. The summed E-state index contributed by atoms with van der Waals surface area (Å²) < 4.78 is 2.15. The monoisotopic (exact) mass is 470 g/mol. The van der Waals surface area contributed by atoms with E-state index < -0.39 is 5.25 Å². The maximum absolute atomic E-state index is 13.0. The second kappa shape index (κ2) is 9.39. The molecule has 0 spiro atoms. The van der Waals surface area contributed by atoms with Gasteiger partial charge in [-0.3, -0.25) is 14.2 Å². The molecule has 160 valence electrons. The molecule has 6 nitrogen and oxygen atoms in total. The smallest absolute Gasteiger partial charge is 0.272 e. The molecule has 3 heterocycles. The number of aryl methyl sites for hydroxylation is 1. The lowest BCUT2D eigenvalue weighted by Crippen LogP contribution is -2.26. The lowest BCUT2D eigenvalue weighted by atomic mass is 10.1.